The van der Waals surface area contributed by atoms with Crippen LogP contribution in [0.2, 0.25) is 0 Å². The average molecular weight is 436 g/mol. The largest absolute Gasteiger partial charge is 0.379 e. The number of rotatable bonds is 7. The molecule has 1 N–H and O–H groups in total. The third-order valence-corrected chi connectivity index (χ3v) is 6.99. The van der Waals surface area contributed by atoms with Crippen molar-refractivity contribution in [1.29, 1.82) is 0 Å². The zero-order valence-corrected chi connectivity index (χ0v) is 19.6. The number of morpholine rings is 1. The fraction of sp³-hybridized carbons (Fsp3) is 0.519. The number of nitrogens with one attached hydrogen (secondary N) is 1. The molecular formula is C27H37N3O2. The maximum atomic E-state index is 13.5. The van der Waals surface area contributed by atoms with E-state index in [0.29, 0.717) is 0 Å². The molecule has 5 heteroatoms. The predicted octanol–water partition coefficient (Wildman–Crippen LogP) is 4.42. The lowest BCUT2D eigenvalue weighted by atomic mass is 9.91. The highest BCUT2D eigenvalue weighted by atomic mass is 16.5. The van der Waals surface area contributed by atoms with Gasteiger partial charge in [0.2, 0.25) is 5.91 Å². The van der Waals surface area contributed by atoms with Gasteiger partial charge < -0.3 is 10.1 Å². The number of aryl methyl sites for hydroxylation is 2. The summed E-state index contributed by atoms with van der Waals surface area (Å²) in [7, 11) is 0. The molecule has 0 bridgehead atoms. The van der Waals surface area contributed by atoms with E-state index in [0.717, 1.165) is 80.5 Å². The van der Waals surface area contributed by atoms with E-state index in [9.17, 15) is 4.79 Å². The van der Waals surface area contributed by atoms with E-state index in [1.54, 1.807) is 0 Å². The van der Waals surface area contributed by atoms with Crippen LogP contribution in [0.1, 0.15) is 42.0 Å². The molecule has 0 saturated carbocycles. The molecule has 1 amide bonds. The minimum Gasteiger partial charge on any atom is -0.379 e. The highest BCUT2D eigenvalue weighted by Gasteiger charge is 2.31. The smallest absolute Gasteiger partial charge is 0.246 e. The lowest BCUT2D eigenvalue weighted by Crippen LogP contribution is -2.43. The lowest BCUT2D eigenvalue weighted by Gasteiger charge is -2.38. The molecule has 0 aliphatic carbocycles. The fourth-order valence-corrected chi connectivity index (χ4v) is 4.92. The summed E-state index contributed by atoms with van der Waals surface area (Å²) in [6.45, 7) is 11.1. The van der Waals surface area contributed by atoms with Crippen LogP contribution in [-0.2, 0) is 9.53 Å². The standard InChI is InChI=1S/C27H37N3O2/c1-21-8-9-22(2)25(20-21)28-27(31)26(24-6-4-3-5-7-24)30-14-11-23(12-15-30)10-13-29-16-18-32-19-17-29/h3-9,20,23,26H,10-19H2,1-2H3,(H,28,31). The summed E-state index contributed by atoms with van der Waals surface area (Å²) in [5, 5.41) is 3.23. The normalized spacial score (nSPS) is 19.6. The highest BCUT2D eigenvalue weighted by molar-refractivity contribution is 5.96. The van der Waals surface area contributed by atoms with Crippen molar-refractivity contribution in [3.05, 3.63) is 65.2 Å². The second-order valence-electron chi connectivity index (χ2n) is 9.34. The first-order valence-corrected chi connectivity index (χ1v) is 12.1. The number of hydrogen-bond acceptors (Lipinski definition) is 4. The molecule has 2 aliphatic rings. The maximum absolute atomic E-state index is 13.5. The summed E-state index contributed by atoms with van der Waals surface area (Å²) in [5.41, 5.74) is 4.24. The third kappa shape index (κ3) is 5.97. The van der Waals surface area contributed by atoms with Crippen LogP contribution in [0.5, 0.6) is 0 Å². The molecule has 32 heavy (non-hydrogen) atoms. The maximum Gasteiger partial charge on any atom is 0.246 e. The molecule has 2 aromatic carbocycles. The van der Waals surface area contributed by atoms with Crippen molar-refractivity contribution in [2.45, 2.75) is 39.2 Å². The van der Waals surface area contributed by atoms with Gasteiger partial charge in [0, 0.05) is 18.8 Å². The second kappa shape index (κ2) is 11.1. The molecule has 1 unspecified atom stereocenters. The van der Waals surface area contributed by atoms with Gasteiger partial charge in [-0.3, -0.25) is 14.6 Å². The van der Waals surface area contributed by atoms with Crippen LogP contribution >= 0.6 is 0 Å². The van der Waals surface area contributed by atoms with Crippen LogP contribution in [0.4, 0.5) is 5.69 Å². The minimum absolute atomic E-state index is 0.0664. The van der Waals surface area contributed by atoms with E-state index in [1.165, 1.54) is 13.0 Å². The van der Waals surface area contributed by atoms with Crippen LogP contribution in [0.25, 0.3) is 0 Å². The number of nitrogens with zero attached hydrogens (tertiary/aromatic N) is 2. The number of carbonyl (C=O) groups is 1. The SMILES string of the molecule is Cc1ccc(C)c(NC(=O)C(c2ccccc2)N2CCC(CCN3CCOCC3)CC2)c1. The second-order valence-corrected chi connectivity index (χ2v) is 9.34. The number of benzene rings is 2. The molecule has 5 nitrogen and oxygen atoms in total. The fourth-order valence-electron chi connectivity index (χ4n) is 4.92. The zero-order valence-electron chi connectivity index (χ0n) is 19.6. The average Bonchev–Trinajstić information content (AvgIpc) is 2.82. The summed E-state index contributed by atoms with van der Waals surface area (Å²) in [4.78, 5) is 18.4. The molecule has 2 fully saturated rings. The van der Waals surface area contributed by atoms with Crippen LogP contribution in [0.15, 0.2) is 48.5 Å². The number of carbonyl (C=O) groups excluding carboxylic acids is 1. The minimum atomic E-state index is -0.253. The molecular weight excluding hydrogens is 398 g/mol. The third-order valence-electron chi connectivity index (χ3n) is 6.99. The van der Waals surface area contributed by atoms with Gasteiger partial charge in [-0.2, -0.15) is 0 Å². The topological polar surface area (TPSA) is 44.8 Å². The lowest BCUT2D eigenvalue weighted by molar-refractivity contribution is -0.122. The first-order valence-electron chi connectivity index (χ1n) is 12.1. The first kappa shape index (κ1) is 23.0. The molecule has 2 aliphatic heterocycles. The van der Waals surface area contributed by atoms with Crippen molar-refractivity contribution in [3.8, 4) is 0 Å². The molecule has 172 valence electrons. The molecule has 2 saturated heterocycles. The number of amides is 1. The Kier molecular flexibility index (Phi) is 7.95. The number of ether oxygens (including phenoxy) is 1. The number of anilines is 1. The Morgan fingerprint density at radius 2 is 1.75 bits per heavy atom. The van der Waals surface area contributed by atoms with Crippen molar-refractivity contribution in [3.63, 3.8) is 0 Å². The van der Waals surface area contributed by atoms with Gasteiger partial charge in [-0.15, -0.1) is 0 Å². The van der Waals surface area contributed by atoms with E-state index < -0.39 is 0 Å². The highest BCUT2D eigenvalue weighted by Crippen LogP contribution is 2.30. The summed E-state index contributed by atoms with van der Waals surface area (Å²) >= 11 is 0. The summed E-state index contributed by atoms with van der Waals surface area (Å²) in [6.07, 6.45) is 3.56. The molecule has 1 atom stereocenters. The Labute approximate surface area is 192 Å². The molecule has 0 spiro atoms. The predicted molar refractivity (Wildman–Crippen MR) is 130 cm³/mol. The molecule has 4 rings (SSSR count). The van der Waals surface area contributed by atoms with Crippen LogP contribution in [0.3, 0.4) is 0 Å². The summed E-state index contributed by atoms with van der Waals surface area (Å²) in [6, 6.07) is 16.2. The van der Waals surface area contributed by atoms with Gasteiger partial charge in [-0.05, 0) is 81.4 Å². The van der Waals surface area contributed by atoms with Crippen molar-refractivity contribution >= 4 is 11.6 Å². The Morgan fingerprint density at radius 3 is 2.47 bits per heavy atom. The van der Waals surface area contributed by atoms with E-state index in [4.69, 9.17) is 4.74 Å². The van der Waals surface area contributed by atoms with E-state index in [2.05, 4.69) is 52.4 Å². The first-order chi connectivity index (χ1) is 15.6. The van der Waals surface area contributed by atoms with Crippen LogP contribution in [0, 0.1) is 19.8 Å². The van der Waals surface area contributed by atoms with E-state index in [-0.39, 0.29) is 11.9 Å². The van der Waals surface area contributed by atoms with Crippen molar-refractivity contribution in [2.24, 2.45) is 5.92 Å². The van der Waals surface area contributed by atoms with Crippen molar-refractivity contribution < 1.29 is 9.53 Å². The van der Waals surface area contributed by atoms with Crippen LogP contribution in [-0.4, -0.2) is 61.6 Å². The molecule has 0 aromatic heterocycles. The molecule has 2 aromatic rings. The summed E-state index contributed by atoms with van der Waals surface area (Å²) < 4.78 is 5.47. The monoisotopic (exact) mass is 435 g/mol. The van der Waals surface area contributed by atoms with Gasteiger partial charge >= 0.3 is 0 Å². The Morgan fingerprint density at radius 1 is 1.03 bits per heavy atom. The Bertz CT molecular complexity index is 872. The molecule has 0 radical (unpaired) electrons. The number of hydrogen-bond donors (Lipinski definition) is 1. The van der Waals surface area contributed by atoms with Gasteiger partial charge in [-0.1, -0.05) is 42.5 Å². The van der Waals surface area contributed by atoms with Gasteiger partial charge in [0.25, 0.3) is 0 Å². The van der Waals surface area contributed by atoms with Gasteiger partial charge in [0.05, 0.1) is 13.2 Å². The summed E-state index contributed by atoms with van der Waals surface area (Å²) in [5.74, 6) is 0.810. The Balaban J connectivity index is 1.40. The Hall–Kier alpha value is -2.21. The van der Waals surface area contributed by atoms with Gasteiger partial charge in [-0.25, -0.2) is 0 Å². The van der Waals surface area contributed by atoms with Gasteiger partial charge in [0.15, 0.2) is 0 Å². The van der Waals surface area contributed by atoms with Crippen molar-refractivity contribution in [1.82, 2.24) is 9.80 Å². The zero-order chi connectivity index (χ0) is 22.3. The van der Waals surface area contributed by atoms with E-state index in [1.807, 2.05) is 25.1 Å². The van der Waals surface area contributed by atoms with Gasteiger partial charge in [0.1, 0.15) is 6.04 Å². The van der Waals surface area contributed by atoms with Crippen LogP contribution < -0.4 is 5.32 Å². The number of likely N-dealkylation sites (tertiary alicyclic amines) is 1. The van der Waals surface area contributed by atoms with Crippen molar-refractivity contribution in [2.75, 3.05) is 51.3 Å². The molecule has 2 heterocycles. The van der Waals surface area contributed by atoms with E-state index >= 15 is 0 Å². The number of piperidine rings is 1. The quantitative estimate of drug-likeness (QED) is 0.699.